The van der Waals surface area contributed by atoms with Crippen LogP contribution >= 0.6 is 0 Å². The number of pyridine rings is 1. The Bertz CT molecular complexity index is 445. The predicted molar refractivity (Wildman–Crippen MR) is 55.6 cm³/mol. The summed E-state index contributed by atoms with van der Waals surface area (Å²) in [5.74, 6) is 0.583. The van der Waals surface area contributed by atoms with Crippen LogP contribution in [0.3, 0.4) is 0 Å². The van der Waals surface area contributed by atoms with Crippen LogP contribution in [0.4, 0.5) is 5.82 Å². The Labute approximate surface area is 82.4 Å². The maximum Gasteiger partial charge on any atom is 0.148 e. The molecule has 2 N–H and O–H groups in total. The molecule has 4 nitrogen and oxygen atoms in total. The van der Waals surface area contributed by atoms with Gasteiger partial charge in [0, 0.05) is 30.6 Å². The molecule has 72 valence electrons. The summed E-state index contributed by atoms with van der Waals surface area (Å²) >= 11 is 0. The SMILES string of the molecule is Cc1c(N)nn(C)c1-c1ccncc1. The molecule has 0 spiro atoms. The third-order valence-electron chi connectivity index (χ3n) is 2.27. The standard InChI is InChI=1S/C10H12N4/c1-7-9(14(2)13-10(7)11)8-3-5-12-6-4-8/h3-6H,1-2H3,(H2,11,13). The molecule has 2 aromatic rings. The molecule has 0 aliphatic carbocycles. The summed E-state index contributed by atoms with van der Waals surface area (Å²) in [7, 11) is 1.89. The van der Waals surface area contributed by atoms with Crippen LogP contribution in [0.5, 0.6) is 0 Å². The number of anilines is 1. The molecule has 0 atom stereocenters. The number of nitrogen functional groups attached to an aromatic ring is 1. The molecule has 2 rings (SSSR count). The van der Waals surface area contributed by atoms with Crippen LogP contribution < -0.4 is 5.73 Å². The van der Waals surface area contributed by atoms with E-state index in [0.29, 0.717) is 5.82 Å². The molecule has 2 aromatic heterocycles. The number of nitrogens with two attached hydrogens (primary N) is 1. The Balaban J connectivity index is 2.62. The molecular weight excluding hydrogens is 176 g/mol. The van der Waals surface area contributed by atoms with Gasteiger partial charge in [0.2, 0.25) is 0 Å². The van der Waals surface area contributed by atoms with Crippen LogP contribution in [0.15, 0.2) is 24.5 Å². The van der Waals surface area contributed by atoms with Gasteiger partial charge in [0.05, 0.1) is 5.69 Å². The Morgan fingerprint density at radius 1 is 1.29 bits per heavy atom. The number of hydrogen-bond acceptors (Lipinski definition) is 3. The van der Waals surface area contributed by atoms with Crippen LogP contribution in [0.25, 0.3) is 11.3 Å². The average molecular weight is 188 g/mol. The molecule has 0 aliphatic heterocycles. The van der Waals surface area contributed by atoms with Gasteiger partial charge >= 0.3 is 0 Å². The third kappa shape index (κ3) is 1.25. The molecule has 14 heavy (non-hydrogen) atoms. The summed E-state index contributed by atoms with van der Waals surface area (Å²) in [5, 5.41) is 4.16. The molecule has 0 saturated carbocycles. The molecule has 0 aliphatic rings. The molecule has 0 bridgehead atoms. The van der Waals surface area contributed by atoms with E-state index in [4.69, 9.17) is 5.73 Å². The molecule has 2 heterocycles. The minimum atomic E-state index is 0.583. The Morgan fingerprint density at radius 3 is 2.43 bits per heavy atom. The van der Waals surface area contributed by atoms with E-state index in [1.165, 1.54) is 0 Å². The van der Waals surface area contributed by atoms with Gasteiger partial charge in [0.25, 0.3) is 0 Å². The van der Waals surface area contributed by atoms with Crippen molar-refractivity contribution in [3.05, 3.63) is 30.1 Å². The van der Waals surface area contributed by atoms with Gasteiger partial charge in [-0.15, -0.1) is 0 Å². The number of rotatable bonds is 1. The summed E-state index contributed by atoms with van der Waals surface area (Å²) in [6.45, 7) is 1.97. The topological polar surface area (TPSA) is 56.7 Å². The van der Waals surface area contributed by atoms with Crippen molar-refractivity contribution >= 4 is 5.82 Å². The number of aromatic nitrogens is 3. The largest absolute Gasteiger partial charge is 0.382 e. The molecular formula is C10H12N4. The van der Waals surface area contributed by atoms with Gasteiger partial charge in [0.15, 0.2) is 0 Å². The summed E-state index contributed by atoms with van der Waals surface area (Å²) < 4.78 is 1.79. The highest BCUT2D eigenvalue weighted by Gasteiger charge is 2.10. The van der Waals surface area contributed by atoms with Crippen molar-refractivity contribution in [2.24, 2.45) is 7.05 Å². The van der Waals surface area contributed by atoms with Gasteiger partial charge in [-0.25, -0.2) is 0 Å². The van der Waals surface area contributed by atoms with Crippen molar-refractivity contribution in [1.82, 2.24) is 14.8 Å². The molecule has 4 heteroatoms. The first-order valence-corrected chi connectivity index (χ1v) is 4.39. The minimum Gasteiger partial charge on any atom is -0.382 e. The molecule has 0 amide bonds. The highest BCUT2D eigenvalue weighted by atomic mass is 15.3. The first kappa shape index (κ1) is 8.74. The molecule has 0 radical (unpaired) electrons. The zero-order valence-electron chi connectivity index (χ0n) is 8.23. The first-order valence-electron chi connectivity index (χ1n) is 4.39. The number of nitrogens with zero attached hydrogens (tertiary/aromatic N) is 3. The van der Waals surface area contributed by atoms with Crippen molar-refractivity contribution < 1.29 is 0 Å². The fourth-order valence-corrected chi connectivity index (χ4v) is 1.56. The van der Waals surface area contributed by atoms with Crippen molar-refractivity contribution in [3.8, 4) is 11.3 Å². The Hall–Kier alpha value is -1.84. The molecule has 0 fully saturated rings. The lowest BCUT2D eigenvalue weighted by Gasteiger charge is -2.02. The van der Waals surface area contributed by atoms with Crippen LogP contribution in [0.1, 0.15) is 5.56 Å². The summed E-state index contributed by atoms with van der Waals surface area (Å²) in [6.07, 6.45) is 3.52. The smallest absolute Gasteiger partial charge is 0.148 e. The number of hydrogen-bond donors (Lipinski definition) is 1. The highest BCUT2D eigenvalue weighted by Crippen LogP contribution is 2.25. The van der Waals surface area contributed by atoms with E-state index in [9.17, 15) is 0 Å². The molecule has 0 saturated heterocycles. The van der Waals surface area contributed by atoms with Gasteiger partial charge < -0.3 is 5.73 Å². The normalized spacial score (nSPS) is 10.4. The van der Waals surface area contributed by atoms with E-state index in [0.717, 1.165) is 16.8 Å². The van der Waals surface area contributed by atoms with Crippen LogP contribution in [0, 0.1) is 6.92 Å². The predicted octanol–water partition coefficient (Wildman–Crippen LogP) is 1.37. The Kier molecular flexibility index (Phi) is 1.96. The average Bonchev–Trinajstić information content (AvgIpc) is 2.43. The molecule has 0 unspecified atom stereocenters. The van der Waals surface area contributed by atoms with Crippen LogP contribution in [-0.2, 0) is 7.05 Å². The van der Waals surface area contributed by atoms with E-state index in [2.05, 4.69) is 10.1 Å². The zero-order valence-corrected chi connectivity index (χ0v) is 8.23. The Morgan fingerprint density at radius 2 is 1.93 bits per heavy atom. The van der Waals surface area contributed by atoms with Crippen molar-refractivity contribution in [2.75, 3.05) is 5.73 Å². The monoisotopic (exact) mass is 188 g/mol. The van der Waals surface area contributed by atoms with Gasteiger partial charge in [-0.2, -0.15) is 5.10 Å². The van der Waals surface area contributed by atoms with Gasteiger partial charge in [-0.1, -0.05) is 0 Å². The fourth-order valence-electron chi connectivity index (χ4n) is 1.56. The highest BCUT2D eigenvalue weighted by molar-refractivity contribution is 5.67. The van der Waals surface area contributed by atoms with Crippen LogP contribution in [0.2, 0.25) is 0 Å². The maximum absolute atomic E-state index is 5.73. The second-order valence-corrected chi connectivity index (χ2v) is 3.22. The lowest BCUT2D eigenvalue weighted by molar-refractivity contribution is 0.780. The lowest BCUT2D eigenvalue weighted by Crippen LogP contribution is -1.94. The second kappa shape index (κ2) is 3.14. The van der Waals surface area contributed by atoms with Gasteiger partial charge in [-0.3, -0.25) is 9.67 Å². The van der Waals surface area contributed by atoms with Crippen molar-refractivity contribution in [2.45, 2.75) is 6.92 Å². The van der Waals surface area contributed by atoms with E-state index in [1.54, 1.807) is 17.1 Å². The second-order valence-electron chi connectivity index (χ2n) is 3.22. The van der Waals surface area contributed by atoms with E-state index < -0.39 is 0 Å². The van der Waals surface area contributed by atoms with Crippen molar-refractivity contribution in [1.29, 1.82) is 0 Å². The third-order valence-corrected chi connectivity index (χ3v) is 2.27. The van der Waals surface area contributed by atoms with Crippen LogP contribution in [-0.4, -0.2) is 14.8 Å². The number of aryl methyl sites for hydroxylation is 1. The fraction of sp³-hybridized carbons (Fsp3) is 0.200. The first-order chi connectivity index (χ1) is 6.70. The van der Waals surface area contributed by atoms with E-state index in [-0.39, 0.29) is 0 Å². The lowest BCUT2D eigenvalue weighted by atomic mass is 10.1. The molecule has 0 aromatic carbocycles. The summed E-state index contributed by atoms with van der Waals surface area (Å²) in [6, 6.07) is 3.90. The minimum absolute atomic E-state index is 0.583. The van der Waals surface area contributed by atoms with Gasteiger partial charge in [-0.05, 0) is 19.1 Å². The zero-order chi connectivity index (χ0) is 10.1. The maximum atomic E-state index is 5.73. The quantitative estimate of drug-likeness (QED) is 0.735. The van der Waals surface area contributed by atoms with E-state index in [1.807, 2.05) is 26.1 Å². The van der Waals surface area contributed by atoms with E-state index >= 15 is 0 Å². The van der Waals surface area contributed by atoms with Gasteiger partial charge in [0.1, 0.15) is 5.82 Å². The summed E-state index contributed by atoms with van der Waals surface area (Å²) in [4.78, 5) is 3.98. The van der Waals surface area contributed by atoms with Crippen molar-refractivity contribution in [3.63, 3.8) is 0 Å². The summed E-state index contributed by atoms with van der Waals surface area (Å²) in [5.41, 5.74) is 8.88.